The van der Waals surface area contributed by atoms with Crippen LogP contribution in [0.3, 0.4) is 0 Å². The second kappa shape index (κ2) is 7.91. The first-order valence-electron chi connectivity index (χ1n) is 9.50. The lowest BCUT2D eigenvalue weighted by atomic mass is 9.84. The van der Waals surface area contributed by atoms with Crippen LogP contribution in [0.25, 0.3) is 0 Å². The summed E-state index contributed by atoms with van der Waals surface area (Å²) in [6, 6.07) is 16.4. The van der Waals surface area contributed by atoms with E-state index in [4.69, 9.17) is 4.84 Å². The average molecular weight is 366 g/mol. The van der Waals surface area contributed by atoms with Crippen LogP contribution >= 0.6 is 0 Å². The summed E-state index contributed by atoms with van der Waals surface area (Å²) in [5, 5.41) is 4.22. The Morgan fingerprint density at radius 3 is 2.67 bits per heavy atom. The smallest absolute Gasteiger partial charge is 0.226 e. The van der Waals surface area contributed by atoms with E-state index in [2.05, 4.69) is 5.16 Å². The Labute approximate surface area is 158 Å². The SMILES string of the molecule is O=C(C1CCC1)N(Cc1cccc(F)c1)C[C@@H]1CC(c2ccccc2)=NO1. The maximum atomic E-state index is 13.6. The zero-order valence-electron chi connectivity index (χ0n) is 15.2. The predicted octanol–water partition coefficient (Wildman–Crippen LogP) is 4.15. The minimum atomic E-state index is -0.282. The fourth-order valence-corrected chi connectivity index (χ4v) is 3.57. The first kappa shape index (κ1) is 17.7. The Morgan fingerprint density at radius 1 is 1.15 bits per heavy atom. The van der Waals surface area contributed by atoms with Crippen LogP contribution in [0, 0.1) is 11.7 Å². The minimum Gasteiger partial charge on any atom is -0.390 e. The molecule has 4 nitrogen and oxygen atoms in total. The molecule has 2 aliphatic rings. The lowest BCUT2D eigenvalue weighted by Gasteiger charge is -2.32. The molecule has 1 aliphatic heterocycles. The highest BCUT2D eigenvalue weighted by Crippen LogP contribution is 2.29. The number of nitrogens with zero attached hydrogens (tertiary/aromatic N) is 2. The molecule has 0 spiro atoms. The number of amides is 1. The summed E-state index contributed by atoms with van der Waals surface area (Å²) in [6.07, 6.45) is 3.48. The molecule has 1 saturated carbocycles. The highest BCUT2D eigenvalue weighted by molar-refractivity contribution is 6.01. The monoisotopic (exact) mass is 366 g/mol. The standard InChI is InChI=1S/C22H23FN2O2/c23-19-11-4-6-16(12-19)14-25(22(26)18-9-5-10-18)15-20-13-21(24-27-20)17-7-2-1-3-8-17/h1-4,6-8,11-12,18,20H,5,9-10,13-15H2/t20-/m0/s1. The van der Waals surface area contributed by atoms with Gasteiger partial charge in [-0.25, -0.2) is 4.39 Å². The van der Waals surface area contributed by atoms with Crippen molar-refractivity contribution in [3.63, 3.8) is 0 Å². The largest absolute Gasteiger partial charge is 0.390 e. The van der Waals surface area contributed by atoms with Gasteiger partial charge in [0.1, 0.15) is 5.82 Å². The van der Waals surface area contributed by atoms with Crippen LogP contribution in [-0.4, -0.2) is 29.2 Å². The van der Waals surface area contributed by atoms with Gasteiger partial charge in [0.05, 0.1) is 12.3 Å². The summed E-state index contributed by atoms with van der Waals surface area (Å²) in [5.41, 5.74) is 2.74. The van der Waals surface area contributed by atoms with E-state index in [1.807, 2.05) is 41.3 Å². The van der Waals surface area contributed by atoms with Crippen molar-refractivity contribution in [3.05, 3.63) is 71.5 Å². The lowest BCUT2D eigenvalue weighted by molar-refractivity contribution is -0.140. The Morgan fingerprint density at radius 2 is 1.96 bits per heavy atom. The molecule has 4 rings (SSSR count). The third-order valence-corrected chi connectivity index (χ3v) is 5.29. The highest BCUT2D eigenvalue weighted by Gasteiger charge is 2.32. The Hall–Kier alpha value is -2.69. The van der Waals surface area contributed by atoms with Crippen LogP contribution in [-0.2, 0) is 16.2 Å². The molecule has 0 N–H and O–H groups in total. The van der Waals surface area contributed by atoms with Gasteiger partial charge in [-0.1, -0.05) is 54.0 Å². The van der Waals surface area contributed by atoms with Gasteiger partial charge in [-0.2, -0.15) is 0 Å². The number of benzene rings is 2. The number of hydrogen-bond donors (Lipinski definition) is 0. The molecular formula is C22H23FN2O2. The molecule has 0 unspecified atom stereocenters. The Balaban J connectivity index is 1.44. The van der Waals surface area contributed by atoms with Gasteiger partial charge in [0.15, 0.2) is 6.10 Å². The van der Waals surface area contributed by atoms with E-state index in [1.54, 1.807) is 6.07 Å². The Kier molecular flexibility index (Phi) is 5.19. The van der Waals surface area contributed by atoms with Crippen LogP contribution in [0.2, 0.25) is 0 Å². The van der Waals surface area contributed by atoms with Crippen molar-refractivity contribution in [1.29, 1.82) is 0 Å². The van der Waals surface area contributed by atoms with Crippen molar-refractivity contribution >= 4 is 11.6 Å². The predicted molar refractivity (Wildman–Crippen MR) is 102 cm³/mol. The van der Waals surface area contributed by atoms with Crippen molar-refractivity contribution in [2.45, 2.75) is 38.3 Å². The Bertz CT molecular complexity index is 833. The number of hydrogen-bond acceptors (Lipinski definition) is 3. The third kappa shape index (κ3) is 4.18. The molecule has 0 saturated heterocycles. The molecule has 2 aromatic rings. The number of halogens is 1. The molecule has 1 heterocycles. The summed E-state index contributed by atoms with van der Waals surface area (Å²) in [4.78, 5) is 20.3. The maximum Gasteiger partial charge on any atom is 0.226 e. The van der Waals surface area contributed by atoms with Gasteiger partial charge < -0.3 is 9.74 Å². The molecule has 1 amide bonds. The first-order valence-corrected chi connectivity index (χ1v) is 9.50. The van der Waals surface area contributed by atoms with Crippen LogP contribution in [0.1, 0.15) is 36.8 Å². The number of rotatable bonds is 6. The zero-order chi connectivity index (χ0) is 18.6. The van der Waals surface area contributed by atoms with Gasteiger partial charge in [0.25, 0.3) is 0 Å². The molecule has 0 bridgehead atoms. The summed E-state index contributed by atoms with van der Waals surface area (Å²) in [7, 11) is 0. The van der Waals surface area contributed by atoms with E-state index in [0.29, 0.717) is 19.5 Å². The normalized spacial score (nSPS) is 19.1. The van der Waals surface area contributed by atoms with Crippen molar-refractivity contribution in [2.75, 3.05) is 6.54 Å². The van der Waals surface area contributed by atoms with E-state index >= 15 is 0 Å². The minimum absolute atomic E-state index is 0.0921. The van der Waals surface area contributed by atoms with Gasteiger partial charge in [0, 0.05) is 18.9 Å². The van der Waals surface area contributed by atoms with Crippen LogP contribution in [0.5, 0.6) is 0 Å². The molecule has 1 fully saturated rings. The molecular weight excluding hydrogens is 343 g/mol. The topological polar surface area (TPSA) is 41.9 Å². The molecule has 5 heteroatoms. The maximum absolute atomic E-state index is 13.6. The quantitative estimate of drug-likeness (QED) is 0.771. The van der Waals surface area contributed by atoms with Gasteiger partial charge >= 0.3 is 0 Å². The lowest BCUT2D eigenvalue weighted by Crippen LogP contribution is -2.42. The summed E-state index contributed by atoms with van der Waals surface area (Å²) >= 11 is 0. The first-order chi connectivity index (χ1) is 13.2. The average Bonchev–Trinajstić information content (AvgIpc) is 3.09. The fraction of sp³-hybridized carbons (Fsp3) is 0.364. The number of carbonyl (C=O) groups excluding carboxylic acids is 1. The molecule has 0 aromatic heterocycles. The molecule has 27 heavy (non-hydrogen) atoms. The van der Waals surface area contributed by atoms with E-state index in [-0.39, 0.29) is 23.7 Å². The molecule has 1 atom stereocenters. The summed E-state index contributed by atoms with van der Waals surface area (Å²) in [6.45, 7) is 0.860. The van der Waals surface area contributed by atoms with Crippen LogP contribution in [0.4, 0.5) is 4.39 Å². The van der Waals surface area contributed by atoms with Crippen LogP contribution in [0.15, 0.2) is 59.8 Å². The fourth-order valence-electron chi connectivity index (χ4n) is 3.57. The summed E-state index contributed by atoms with van der Waals surface area (Å²) < 4.78 is 13.6. The molecule has 2 aromatic carbocycles. The van der Waals surface area contributed by atoms with Crippen molar-refractivity contribution < 1.29 is 14.0 Å². The zero-order valence-corrected chi connectivity index (χ0v) is 15.2. The highest BCUT2D eigenvalue weighted by atomic mass is 19.1. The van der Waals surface area contributed by atoms with Gasteiger partial charge in [-0.15, -0.1) is 0 Å². The number of carbonyl (C=O) groups is 1. The number of oxime groups is 1. The van der Waals surface area contributed by atoms with E-state index < -0.39 is 0 Å². The molecule has 1 aliphatic carbocycles. The second-order valence-electron chi connectivity index (χ2n) is 7.31. The van der Waals surface area contributed by atoms with Crippen molar-refractivity contribution in [3.8, 4) is 0 Å². The van der Waals surface area contributed by atoms with Gasteiger partial charge in [-0.3, -0.25) is 4.79 Å². The second-order valence-corrected chi connectivity index (χ2v) is 7.31. The molecule has 0 radical (unpaired) electrons. The third-order valence-electron chi connectivity index (χ3n) is 5.29. The molecule has 140 valence electrons. The van der Waals surface area contributed by atoms with Gasteiger partial charge in [0.2, 0.25) is 5.91 Å². The van der Waals surface area contributed by atoms with Gasteiger partial charge in [-0.05, 0) is 36.1 Å². The van der Waals surface area contributed by atoms with E-state index in [9.17, 15) is 9.18 Å². The van der Waals surface area contributed by atoms with E-state index in [0.717, 1.165) is 36.1 Å². The van der Waals surface area contributed by atoms with Crippen molar-refractivity contribution in [1.82, 2.24) is 4.90 Å². The van der Waals surface area contributed by atoms with E-state index in [1.165, 1.54) is 12.1 Å². The summed E-state index contributed by atoms with van der Waals surface area (Å²) in [5.74, 6) is -0.0490. The van der Waals surface area contributed by atoms with Crippen molar-refractivity contribution in [2.24, 2.45) is 11.1 Å². The van der Waals surface area contributed by atoms with Crippen LogP contribution < -0.4 is 0 Å².